The molecule has 2 heterocycles. The van der Waals surface area contributed by atoms with Crippen molar-refractivity contribution < 1.29 is 27.9 Å². The number of nitrogens with one attached hydrogen (secondary N) is 1. The van der Waals surface area contributed by atoms with Gasteiger partial charge in [0.1, 0.15) is 5.54 Å². The molecule has 3 amide bonds. The minimum Gasteiger partial charge on any atom is -0.478 e. The molecule has 2 saturated heterocycles. The predicted octanol–water partition coefficient (Wildman–Crippen LogP) is 0.384. The first kappa shape index (κ1) is 16.4. The van der Waals surface area contributed by atoms with E-state index in [1.807, 2.05) is 0 Å². The van der Waals surface area contributed by atoms with Crippen LogP contribution in [-0.2, 0) is 21.2 Å². The maximum Gasteiger partial charge on any atom is 0.335 e. The first-order valence-electron chi connectivity index (χ1n) is 7.39. The average molecular weight is 352 g/mol. The number of imide groups is 1. The highest BCUT2D eigenvalue weighted by Crippen LogP contribution is 2.31. The smallest absolute Gasteiger partial charge is 0.335 e. The Kier molecular flexibility index (Phi) is 3.83. The summed E-state index contributed by atoms with van der Waals surface area (Å²) in [6.45, 7) is 0.0130. The summed E-state index contributed by atoms with van der Waals surface area (Å²) in [5.41, 5.74) is -0.405. The van der Waals surface area contributed by atoms with Gasteiger partial charge in [0.25, 0.3) is 5.91 Å². The Balaban J connectivity index is 1.76. The van der Waals surface area contributed by atoms with Crippen molar-refractivity contribution in [2.75, 3.05) is 11.5 Å². The number of amides is 3. The number of carbonyl (C=O) groups excluding carboxylic acids is 2. The van der Waals surface area contributed by atoms with Crippen LogP contribution in [0.25, 0.3) is 0 Å². The lowest BCUT2D eigenvalue weighted by Crippen LogP contribution is -2.52. The number of hydrogen-bond acceptors (Lipinski definition) is 5. The average Bonchev–Trinajstić information content (AvgIpc) is 2.76. The Bertz CT molecular complexity index is 801. The summed E-state index contributed by atoms with van der Waals surface area (Å²) in [6.07, 6.45) is 0.155. The summed E-state index contributed by atoms with van der Waals surface area (Å²) in [5.74, 6) is -1.73. The summed E-state index contributed by atoms with van der Waals surface area (Å²) >= 11 is 0. The fourth-order valence-corrected chi connectivity index (χ4v) is 4.50. The summed E-state index contributed by atoms with van der Waals surface area (Å²) < 4.78 is 23.1. The fraction of sp³-hybridized carbons (Fsp3) is 0.400. The molecule has 2 aliphatic rings. The van der Waals surface area contributed by atoms with E-state index in [4.69, 9.17) is 5.11 Å². The van der Waals surface area contributed by atoms with E-state index in [0.717, 1.165) is 4.90 Å². The lowest BCUT2D eigenvalue weighted by Gasteiger charge is -2.30. The molecule has 3 rings (SSSR count). The summed E-state index contributed by atoms with van der Waals surface area (Å²) in [7, 11) is -3.15. The minimum absolute atomic E-state index is 0.0130. The van der Waals surface area contributed by atoms with Crippen LogP contribution in [-0.4, -0.2) is 53.4 Å². The molecule has 0 atom stereocenters. The number of sulfone groups is 1. The molecule has 24 heavy (non-hydrogen) atoms. The van der Waals surface area contributed by atoms with Crippen molar-refractivity contribution in [3.8, 4) is 0 Å². The largest absolute Gasteiger partial charge is 0.478 e. The zero-order chi connectivity index (χ0) is 17.5. The number of carboxylic acids is 1. The number of carboxylic acid groups (broad SMARTS) is 1. The fourth-order valence-electron chi connectivity index (χ4n) is 2.98. The van der Waals surface area contributed by atoms with Gasteiger partial charge in [-0.2, -0.15) is 0 Å². The summed E-state index contributed by atoms with van der Waals surface area (Å²) in [6, 6.07) is 5.33. The van der Waals surface area contributed by atoms with Crippen molar-refractivity contribution in [2.45, 2.75) is 24.9 Å². The number of hydrogen-bond donors (Lipinski definition) is 2. The van der Waals surface area contributed by atoms with Crippen LogP contribution in [0.3, 0.4) is 0 Å². The van der Waals surface area contributed by atoms with Gasteiger partial charge in [0, 0.05) is 0 Å². The maximum atomic E-state index is 12.6. The van der Waals surface area contributed by atoms with Gasteiger partial charge in [0.05, 0.1) is 23.6 Å². The van der Waals surface area contributed by atoms with Gasteiger partial charge in [-0.05, 0) is 30.5 Å². The minimum atomic E-state index is -3.15. The van der Waals surface area contributed by atoms with E-state index < -0.39 is 33.3 Å². The second kappa shape index (κ2) is 5.59. The highest BCUT2D eigenvalue weighted by atomic mass is 32.2. The third-order valence-electron chi connectivity index (χ3n) is 4.47. The van der Waals surface area contributed by atoms with Gasteiger partial charge in [-0.1, -0.05) is 12.1 Å². The van der Waals surface area contributed by atoms with Crippen molar-refractivity contribution in [3.63, 3.8) is 0 Å². The van der Waals surface area contributed by atoms with Crippen LogP contribution < -0.4 is 5.32 Å². The standard InChI is InChI=1S/C15H16N2O6S/c18-12(19)11-3-1-10(2-4-11)9-17-13(20)15(16-14(17)21)5-7-24(22,23)8-6-15/h1-4H,5-9H2,(H,16,21)(H,18,19). The van der Waals surface area contributed by atoms with Crippen LogP contribution in [0.15, 0.2) is 24.3 Å². The molecule has 1 aromatic rings. The Morgan fingerprint density at radius 1 is 1.17 bits per heavy atom. The molecule has 0 radical (unpaired) electrons. The highest BCUT2D eigenvalue weighted by molar-refractivity contribution is 7.91. The topological polar surface area (TPSA) is 121 Å². The van der Waals surface area contributed by atoms with E-state index >= 15 is 0 Å². The third kappa shape index (κ3) is 2.86. The lowest BCUT2D eigenvalue weighted by atomic mass is 9.92. The van der Waals surface area contributed by atoms with Crippen molar-refractivity contribution in [1.82, 2.24) is 10.2 Å². The van der Waals surface area contributed by atoms with Gasteiger partial charge < -0.3 is 10.4 Å². The Hall–Kier alpha value is -2.42. The van der Waals surface area contributed by atoms with Gasteiger partial charge >= 0.3 is 12.0 Å². The number of urea groups is 1. The predicted molar refractivity (Wildman–Crippen MR) is 83.1 cm³/mol. The molecule has 128 valence electrons. The molecule has 0 unspecified atom stereocenters. The van der Waals surface area contributed by atoms with Gasteiger partial charge in [0.2, 0.25) is 0 Å². The van der Waals surface area contributed by atoms with E-state index in [-0.39, 0.29) is 36.5 Å². The van der Waals surface area contributed by atoms with Crippen LogP contribution in [0.4, 0.5) is 4.79 Å². The maximum absolute atomic E-state index is 12.6. The van der Waals surface area contributed by atoms with E-state index in [9.17, 15) is 22.8 Å². The van der Waals surface area contributed by atoms with Crippen molar-refractivity contribution in [1.29, 1.82) is 0 Å². The molecule has 2 fully saturated rings. The number of nitrogens with zero attached hydrogens (tertiary/aromatic N) is 1. The zero-order valence-electron chi connectivity index (χ0n) is 12.7. The highest BCUT2D eigenvalue weighted by Gasteiger charge is 2.53. The number of carbonyl (C=O) groups is 3. The summed E-state index contributed by atoms with van der Waals surface area (Å²) in [4.78, 5) is 36.7. The van der Waals surface area contributed by atoms with Gasteiger partial charge in [-0.25, -0.2) is 18.0 Å². The SMILES string of the molecule is O=C(O)c1ccc(CN2C(=O)NC3(CCS(=O)(=O)CC3)C2=O)cc1. The number of aromatic carboxylic acids is 1. The lowest BCUT2D eigenvalue weighted by molar-refractivity contribution is -0.132. The summed E-state index contributed by atoms with van der Waals surface area (Å²) in [5, 5.41) is 11.5. The number of rotatable bonds is 3. The molecule has 0 aliphatic carbocycles. The number of benzene rings is 1. The van der Waals surface area contributed by atoms with Crippen molar-refractivity contribution in [3.05, 3.63) is 35.4 Å². The Labute approximate surface area is 138 Å². The molecule has 2 aliphatic heterocycles. The molecule has 2 N–H and O–H groups in total. The molecule has 1 spiro atoms. The second-order valence-corrected chi connectivity index (χ2v) is 8.36. The van der Waals surface area contributed by atoms with E-state index in [2.05, 4.69) is 5.32 Å². The van der Waals surface area contributed by atoms with Crippen LogP contribution in [0.2, 0.25) is 0 Å². The Morgan fingerprint density at radius 2 is 1.75 bits per heavy atom. The molecular formula is C15H16N2O6S. The molecule has 9 heteroatoms. The van der Waals surface area contributed by atoms with Crippen LogP contribution in [0.5, 0.6) is 0 Å². The van der Waals surface area contributed by atoms with Crippen LogP contribution in [0.1, 0.15) is 28.8 Å². The van der Waals surface area contributed by atoms with E-state index in [1.165, 1.54) is 12.1 Å². The molecule has 1 aromatic carbocycles. The zero-order valence-corrected chi connectivity index (χ0v) is 13.5. The quantitative estimate of drug-likeness (QED) is 0.759. The van der Waals surface area contributed by atoms with Crippen molar-refractivity contribution >= 4 is 27.7 Å². The van der Waals surface area contributed by atoms with Gasteiger partial charge in [-0.15, -0.1) is 0 Å². The van der Waals surface area contributed by atoms with Gasteiger partial charge in [0.15, 0.2) is 9.84 Å². The first-order valence-corrected chi connectivity index (χ1v) is 9.21. The molecule has 0 aromatic heterocycles. The van der Waals surface area contributed by atoms with Crippen LogP contribution >= 0.6 is 0 Å². The molecular weight excluding hydrogens is 336 g/mol. The monoisotopic (exact) mass is 352 g/mol. The van der Waals surface area contributed by atoms with Crippen LogP contribution in [0, 0.1) is 0 Å². The molecule has 0 saturated carbocycles. The third-order valence-corrected chi connectivity index (χ3v) is 6.12. The first-order chi connectivity index (χ1) is 11.2. The van der Waals surface area contributed by atoms with E-state index in [0.29, 0.717) is 5.56 Å². The second-order valence-electron chi connectivity index (χ2n) is 6.06. The van der Waals surface area contributed by atoms with Crippen molar-refractivity contribution in [2.24, 2.45) is 0 Å². The normalized spacial score (nSPS) is 21.8. The Morgan fingerprint density at radius 3 is 2.29 bits per heavy atom. The van der Waals surface area contributed by atoms with E-state index in [1.54, 1.807) is 12.1 Å². The molecule has 8 nitrogen and oxygen atoms in total. The molecule has 0 bridgehead atoms. The van der Waals surface area contributed by atoms with Gasteiger partial charge in [-0.3, -0.25) is 9.69 Å².